The van der Waals surface area contributed by atoms with Crippen molar-refractivity contribution in [2.24, 2.45) is 0 Å². The number of carbonyl (C=O) groups excluding carboxylic acids is 2. The number of nitrogens with one attached hydrogen (secondary N) is 1. The molecule has 0 radical (unpaired) electrons. The van der Waals surface area contributed by atoms with Crippen LogP contribution in [0, 0.1) is 0 Å². The van der Waals surface area contributed by atoms with Crippen molar-refractivity contribution in [3.05, 3.63) is 42.6 Å². The highest BCUT2D eigenvalue weighted by Crippen LogP contribution is 2.36. The van der Waals surface area contributed by atoms with Crippen molar-refractivity contribution in [3.8, 4) is 0 Å². The van der Waals surface area contributed by atoms with Crippen LogP contribution in [0.3, 0.4) is 0 Å². The summed E-state index contributed by atoms with van der Waals surface area (Å²) in [7, 11) is 0. The number of thioether (sulfide) groups is 1. The number of unbranched alkanes of at least 4 members (excludes halogenated alkanes) is 16. The molecule has 2 atom stereocenters. The third-order valence-electron chi connectivity index (χ3n) is 8.86. The van der Waals surface area contributed by atoms with Gasteiger partial charge in [0.25, 0.3) is 0 Å². The zero-order valence-corrected chi connectivity index (χ0v) is 29.0. The van der Waals surface area contributed by atoms with Gasteiger partial charge in [-0.15, -0.1) is 11.8 Å². The van der Waals surface area contributed by atoms with Crippen molar-refractivity contribution in [1.82, 2.24) is 5.32 Å². The molecule has 1 amide bonds. The van der Waals surface area contributed by atoms with E-state index in [-0.39, 0.29) is 12.1 Å². The van der Waals surface area contributed by atoms with Crippen LogP contribution in [-0.4, -0.2) is 42.3 Å². The quantitative estimate of drug-likeness (QED) is 0.0629. The fourth-order valence-corrected chi connectivity index (χ4v) is 7.24. The third kappa shape index (κ3) is 16.7. The molecule has 1 aromatic carbocycles. The van der Waals surface area contributed by atoms with Crippen LogP contribution in [0.4, 0.5) is 4.79 Å². The Kier molecular flexibility index (Phi) is 19.8. The van der Waals surface area contributed by atoms with Crippen LogP contribution in [0.1, 0.15) is 135 Å². The molecule has 1 aliphatic rings. The van der Waals surface area contributed by atoms with E-state index in [1.165, 1.54) is 107 Å². The SMILES string of the molecule is CCCCCCCCCCCCCCCCCCNC(=O)OC[C@H]1C[C@H](COC(=O)CCCC[n+]2cccc3ccccc32)S1. The van der Waals surface area contributed by atoms with Gasteiger partial charge in [0.1, 0.15) is 19.8 Å². The average Bonchev–Trinajstić information content (AvgIpc) is 3.03. The van der Waals surface area contributed by atoms with E-state index < -0.39 is 0 Å². The number of ether oxygens (including phenoxy) is 2. The summed E-state index contributed by atoms with van der Waals surface area (Å²) in [4.78, 5) is 24.2. The average molecular weight is 642 g/mol. The van der Waals surface area contributed by atoms with E-state index in [4.69, 9.17) is 9.47 Å². The van der Waals surface area contributed by atoms with Gasteiger partial charge in [-0.2, -0.15) is 4.57 Å². The molecule has 0 unspecified atom stereocenters. The lowest BCUT2D eigenvalue weighted by molar-refractivity contribution is -0.671. The van der Waals surface area contributed by atoms with Crippen LogP contribution >= 0.6 is 11.8 Å². The second-order valence-electron chi connectivity index (χ2n) is 12.8. The fraction of sp³-hybridized carbons (Fsp3) is 0.711. The maximum atomic E-state index is 12.2. The van der Waals surface area contributed by atoms with Crippen LogP contribution in [0.2, 0.25) is 0 Å². The predicted octanol–water partition coefficient (Wildman–Crippen LogP) is 9.70. The summed E-state index contributed by atoms with van der Waals surface area (Å²) in [6, 6.07) is 12.6. The molecule has 7 heteroatoms. The number of alkyl carbamates (subject to hydrolysis) is 1. The van der Waals surface area contributed by atoms with Crippen molar-refractivity contribution in [3.63, 3.8) is 0 Å². The van der Waals surface area contributed by atoms with E-state index in [9.17, 15) is 9.59 Å². The first-order valence-electron chi connectivity index (χ1n) is 18.2. The number of benzene rings is 1. The first kappa shape index (κ1) is 37.2. The van der Waals surface area contributed by atoms with Crippen molar-refractivity contribution in [2.75, 3.05) is 19.8 Å². The number of hydrogen-bond donors (Lipinski definition) is 1. The van der Waals surface area contributed by atoms with Crippen LogP contribution in [0.25, 0.3) is 10.9 Å². The van der Waals surface area contributed by atoms with E-state index in [2.05, 4.69) is 59.4 Å². The lowest BCUT2D eigenvalue weighted by Gasteiger charge is -2.33. The summed E-state index contributed by atoms with van der Waals surface area (Å²) in [6.07, 6.45) is 26.5. The Morgan fingerprint density at radius 2 is 1.29 bits per heavy atom. The molecule has 1 aliphatic heterocycles. The normalized spacial score (nSPS) is 15.9. The van der Waals surface area contributed by atoms with Crippen LogP contribution < -0.4 is 9.88 Å². The van der Waals surface area contributed by atoms with Gasteiger partial charge in [0, 0.05) is 47.4 Å². The summed E-state index contributed by atoms with van der Waals surface area (Å²) >= 11 is 1.75. The minimum Gasteiger partial charge on any atom is -0.464 e. The van der Waals surface area contributed by atoms with Gasteiger partial charge in [0.15, 0.2) is 6.20 Å². The summed E-state index contributed by atoms with van der Waals surface area (Å²) in [5.41, 5.74) is 1.22. The van der Waals surface area contributed by atoms with E-state index in [0.717, 1.165) is 32.2 Å². The Morgan fingerprint density at radius 1 is 0.733 bits per heavy atom. The van der Waals surface area contributed by atoms with Crippen molar-refractivity contribution in [2.45, 2.75) is 152 Å². The summed E-state index contributed by atoms with van der Waals surface area (Å²) in [6.45, 7) is 4.73. The number of aromatic nitrogens is 1. The fourth-order valence-electron chi connectivity index (χ4n) is 6.08. The van der Waals surface area contributed by atoms with E-state index in [1.807, 2.05) is 0 Å². The Hall–Kier alpha value is -2.28. The highest BCUT2D eigenvalue weighted by molar-refractivity contribution is 8.01. The summed E-state index contributed by atoms with van der Waals surface area (Å²) in [5.74, 6) is -0.119. The minimum absolute atomic E-state index is 0.119. The Morgan fingerprint density at radius 3 is 1.93 bits per heavy atom. The standard InChI is InChI=1S/C38H60N2O4S/c1-2-3-4-5-6-7-8-9-10-11-12-13-14-15-16-20-27-39-38(42)44-32-35-30-34(45-35)31-43-37(41)26-19-21-28-40-29-22-24-33-23-17-18-25-36(33)40/h17-18,22-25,29,34-35H,2-16,19-21,26-28,30-32H2,1H3/p+1/t34-,35-/m1/s1. The van der Waals surface area contributed by atoms with Crippen molar-refractivity contribution in [1.29, 1.82) is 0 Å². The highest BCUT2D eigenvalue weighted by atomic mass is 32.2. The summed E-state index contributed by atoms with van der Waals surface area (Å²) in [5, 5.41) is 4.72. The number of hydrogen-bond acceptors (Lipinski definition) is 5. The Labute approximate surface area is 277 Å². The molecule has 1 saturated heterocycles. The lowest BCUT2D eigenvalue weighted by Crippen LogP contribution is -2.36. The Bertz CT molecular complexity index is 1070. The zero-order valence-electron chi connectivity index (χ0n) is 28.2. The van der Waals surface area contributed by atoms with E-state index in [0.29, 0.717) is 36.7 Å². The van der Waals surface area contributed by atoms with Crippen molar-refractivity contribution >= 4 is 34.7 Å². The molecule has 1 N–H and O–H groups in total. The molecule has 0 saturated carbocycles. The van der Waals surface area contributed by atoms with Crippen LogP contribution in [0.15, 0.2) is 42.6 Å². The van der Waals surface area contributed by atoms with Gasteiger partial charge in [0.05, 0.1) is 0 Å². The molecular formula is C38H61N2O4S+. The highest BCUT2D eigenvalue weighted by Gasteiger charge is 2.31. The van der Waals surface area contributed by atoms with Gasteiger partial charge < -0.3 is 14.8 Å². The monoisotopic (exact) mass is 641 g/mol. The topological polar surface area (TPSA) is 68.5 Å². The molecule has 252 valence electrons. The smallest absolute Gasteiger partial charge is 0.407 e. The van der Waals surface area contributed by atoms with E-state index >= 15 is 0 Å². The van der Waals surface area contributed by atoms with E-state index in [1.54, 1.807) is 11.8 Å². The largest absolute Gasteiger partial charge is 0.464 e. The second-order valence-corrected chi connectivity index (χ2v) is 14.5. The van der Waals surface area contributed by atoms with Crippen LogP contribution in [-0.2, 0) is 20.8 Å². The molecule has 2 aromatic rings. The maximum absolute atomic E-state index is 12.2. The Balaban J connectivity index is 1.04. The second kappa shape index (κ2) is 24.0. The van der Waals surface area contributed by atoms with Crippen molar-refractivity contribution < 1.29 is 23.6 Å². The molecule has 6 nitrogen and oxygen atoms in total. The molecule has 0 spiro atoms. The molecule has 0 bridgehead atoms. The molecule has 1 aromatic heterocycles. The molecule has 0 aliphatic carbocycles. The number of carbonyl (C=O) groups is 2. The number of para-hydroxylation sites is 1. The molecular weight excluding hydrogens is 580 g/mol. The minimum atomic E-state index is -0.312. The zero-order chi connectivity index (χ0) is 31.8. The van der Waals surface area contributed by atoms with Gasteiger partial charge >= 0.3 is 12.1 Å². The first-order valence-corrected chi connectivity index (χ1v) is 19.2. The maximum Gasteiger partial charge on any atom is 0.407 e. The number of aryl methyl sites for hydroxylation is 1. The number of pyridine rings is 1. The molecule has 3 rings (SSSR count). The number of esters is 1. The molecule has 2 heterocycles. The number of rotatable bonds is 26. The van der Waals surface area contributed by atoms with Gasteiger partial charge in [-0.05, 0) is 31.4 Å². The number of nitrogens with zero attached hydrogens (tertiary/aromatic N) is 1. The third-order valence-corrected chi connectivity index (χ3v) is 10.3. The predicted molar refractivity (Wildman–Crippen MR) is 188 cm³/mol. The van der Waals surface area contributed by atoms with Gasteiger partial charge in [0.2, 0.25) is 5.52 Å². The van der Waals surface area contributed by atoms with Crippen LogP contribution in [0.5, 0.6) is 0 Å². The number of amides is 1. The molecule has 1 fully saturated rings. The van der Waals surface area contributed by atoms with Gasteiger partial charge in [-0.25, -0.2) is 4.79 Å². The lowest BCUT2D eigenvalue weighted by atomic mass is 10.0. The number of fused-ring (bicyclic) bond motifs is 1. The van der Waals surface area contributed by atoms with Gasteiger partial charge in [-0.3, -0.25) is 4.79 Å². The summed E-state index contributed by atoms with van der Waals surface area (Å²) < 4.78 is 13.1. The molecule has 45 heavy (non-hydrogen) atoms. The van der Waals surface area contributed by atoms with Gasteiger partial charge in [-0.1, -0.05) is 115 Å². The first-order chi connectivity index (χ1) is 22.2.